The Morgan fingerprint density at radius 1 is 1.00 bits per heavy atom. The van der Waals surface area contributed by atoms with Gasteiger partial charge in [0.2, 0.25) is 0 Å². The van der Waals surface area contributed by atoms with Crippen molar-refractivity contribution in [2.24, 2.45) is 34.5 Å². The topological polar surface area (TPSA) is 57.5 Å². The normalized spacial score (nSPS) is 57.9. The molecule has 4 aliphatic rings. The third-order valence-electron chi connectivity index (χ3n) is 8.27. The monoisotopic (exact) mass is 306 g/mol. The number of fused-ring (bicyclic) bond motifs is 5. The molecule has 0 spiro atoms. The molecule has 4 rings (SSSR count). The summed E-state index contributed by atoms with van der Waals surface area (Å²) in [5.41, 5.74) is -0.0796. The minimum atomic E-state index is -0.291. The summed E-state index contributed by atoms with van der Waals surface area (Å²) in [6.07, 6.45) is 7.11. The zero-order chi connectivity index (χ0) is 15.7. The van der Waals surface area contributed by atoms with Gasteiger partial charge in [0.1, 0.15) is 5.78 Å². The van der Waals surface area contributed by atoms with Crippen molar-refractivity contribution in [3.63, 3.8) is 0 Å². The zero-order valence-corrected chi connectivity index (χ0v) is 13.9. The van der Waals surface area contributed by atoms with Crippen molar-refractivity contribution >= 4 is 5.78 Å². The Balaban J connectivity index is 1.69. The summed E-state index contributed by atoms with van der Waals surface area (Å²) in [5, 5.41) is 20.5. The average Bonchev–Trinajstić information content (AvgIpc) is 2.75. The van der Waals surface area contributed by atoms with Crippen LogP contribution in [0.5, 0.6) is 0 Å². The van der Waals surface area contributed by atoms with Crippen LogP contribution in [0.1, 0.15) is 65.2 Å². The fourth-order valence-corrected chi connectivity index (χ4v) is 7.03. The van der Waals surface area contributed by atoms with Gasteiger partial charge in [-0.15, -0.1) is 0 Å². The largest absolute Gasteiger partial charge is 0.393 e. The Kier molecular flexibility index (Phi) is 3.30. The van der Waals surface area contributed by atoms with Gasteiger partial charge in [-0.25, -0.2) is 0 Å². The third kappa shape index (κ3) is 1.84. The smallest absolute Gasteiger partial charge is 0.137 e. The molecular formula is C19H30O3. The summed E-state index contributed by atoms with van der Waals surface area (Å²) in [4.78, 5) is 13.1. The number of hydrogen-bond acceptors (Lipinski definition) is 3. The average molecular weight is 306 g/mol. The fourth-order valence-electron chi connectivity index (χ4n) is 7.03. The molecule has 0 amide bonds. The Morgan fingerprint density at radius 2 is 1.77 bits per heavy atom. The van der Waals surface area contributed by atoms with Gasteiger partial charge >= 0.3 is 0 Å². The number of carbonyl (C=O) groups is 1. The SMILES string of the molecule is C[C@@]12CC(=O)[C@H]3[C@@H](CC[C@H]4C[C@H](O)CC[C@]43C)[C@H]1CC[C@@H]2O. The van der Waals surface area contributed by atoms with E-state index in [1.807, 2.05) is 0 Å². The summed E-state index contributed by atoms with van der Waals surface area (Å²) in [6, 6.07) is 0. The molecule has 8 atom stereocenters. The van der Waals surface area contributed by atoms with Crippen molar-refractivity contribution in [2.75, 3.05) is 0 Å². The molecule has 0 saturated heterocycles. The third-order valence-corrected chi connectivity index (χ3v) is 8.27. The number of carbonyl (C=O) groups excluding carboxylic acids is 1. The summed E-state index contributed by atoms with van der Waals surface area (Å²) >= 11 is 0. The van der Waals surface area contributed by atoms with Crippen molar-refractivity contribution in [3.05, 3.63) is 0 Å². The van der Waals surface area contributed by atoms with Crippen LogP contribution >= 0.6 is 0 Å². The Morgan fingerprint density at radius 3 is 2.55 bits per heavy atom. The number of Topliss-reactive ketones (excluding diaryl/α,β-unsaturated/α-hetero) is 1. The van der Waals surface area contributed by atoms with E-state index >= 15 is 0 Å². The van der Waals surface area contributed by atoms with E-state index < -0.39 is 0 Å². The number of rotatable bonds is 0. The highest BCUT2D eigenvalue weighted by Gasteiger charge is 2.63. The lowest BCUT2D eigenvalue weighted by Gasteiger charge is -2.59. The molecule has 2 N–H and O–H groups in total. The molecule has 3 heteroatoms. The molecule has 22 heavy (non-hydrogen) atoms. The highest BCUT2D eigenvalue weighted by atomic mass is 16.3. The highest BCUT2D eigenvalue weighted by molar-refractivity contribution is 5.84. The van der Waals surface area contributed by atoms with Gasteiger partial charge in [0.05, 0.1) is 12.2 Å². The second-order valence-electron chi connectivity index (χ2n) is 9.20. The molecule has 4 saturated carbocycles. The van der Waals surface area contributed by atoms with E-state index in [1.54, 1.807) is 0 Å². The van der Waals surface area contributed by atoms with Gasteiger partial charge in [-0.2, -0.15) is 0 Å². The van der Waals surface area contributed by atoms with E-state index in [0.29, 0.717) is 30.0 Å². The van der Waals surface area contributed by atoms with E-state index in [-0.39, 0.29) is 29.0 Å². The van der Waals surface area contributed by atoms with Gasteiger partial charge in [0.25, 0.3) is 0 Å². The van der Waals surface area contributed by atoms with Gasteiger partial charge < -0.3 is 10.2 Å². The van der Waals surface area contributed by atoms with Gasteiger partial charge in [-0.05, 0) is 68.1 Å². The van der Waals surface area contributed by atoms with Crippen LogP contribution in [0.2, 0.25) is 0 Å². The lowest BCUT2D eigenvalue weighted by atomic mass is 9.45. The molecule has 0 unspecified atom stereocenters. The van der Waals surface area contributed by atoms with Crippen LogP contribution in [0, 0.1) is 34.5 Å². The van der Waals surface area contributed by atoms with E-state index in [1.165, 1.54) is 0 Å². The molecule has 4 aliphatic carbocycles. The van der Waals surface area contributed by atoms with Gasteiger partial charge in [0, 0.05) is 17.8 Å². The first-order valence-electron chi connectivity index (χ1n) is 9.25. The lowest BCUT2D eigenvalue weighted by molar-refractivity contribution is -0.164. The van der Waals surface area contributed by atoms with Crippen molar-refractivity contribution in [1.29, 1.82) is 0 Å². The second kappa shape index (κ2) is 4.80. The van der Waals surface area contributed by atoms with E-state index in [4.69, 9.17) is 0 Å². The minimum Gasteiger partial charge on any atom is -0.393 e. The quantitative estimate of drug-likeness (QED) is 0.723. The fraction of sp³-hybridized carbons (Fsp3) is 0.947. The molecular weight excluding hydrogens is 276 g/mol. The van der Waals surface area contributed by atoms with Crippen LogP contribution in [0.25, 0.3) is 0 Å². The van der Waals surface area contributed by atoms with Crippen molar-refractivity contribution in [2.45, 2.75) is 77.4 Å². The second-order valence-corrected chi connectivity index (χ2v) is 9.20. The minimum absolute atomic E-state index is 0.0914. The molecule has 0 bridgehead atoms. The number of aliphatic hydroxyl groups is 2. The van der Waals surface area contributed by atoms with Crippen molar-refractivity contribution < 1.29 is 15.0 Å². The molecule has 0 heterocycles. The maximum absolute atomic E-state index is 13.1. The van der Waals surface area contributed by atoms with E-state index in [2.05, 4.69) is 13.8 Å². The number of ketones is 1. The summed E-state index contributed by atoms with van der Waals surface area (Å²) in [6.45, 7) is 4.48. The van der Waals surface area contributed by atoms with Crippen LogP contribution in [0.4, 0.5) is 0 Å². The first kappa shape index (κ1) is 15.1. The molecule has 0 radical (unpaired) electrons. The Labute approximate surface area is 133 Å². The van der Waals surface area contributed by atoms with Crippen LogP contribution < -0.4 is 0 Å². The molecule has 0 aromatic carbocycles. The first-order valence-corrected chi connectivity index (χ1v) is 9.25. The molecule has 0 aromatic rings. The number of hydrogen-bond donors (Lipinski definition) is 2. The first-order chi connectivity index (χ1) is 10.4. The Bertz CT molecular complexity index is 489. The van der Waals surface area contributed by atoms with Gasteiger partial charge in [-0.3, -0.25) is 4.79 Å². The molecule has 0 aromatic heterocycles. The van der Waals surface area contributed by atoms with E-state index in [9.17, 15) is 15.0 Å². The predicted octanol–water partition coefficient (Wildman–Crippen LogP) is 2.93. The van der Waals surface area contributed by atoms with E-state index in [0.717, 1.165) is 44.9 Å². The standard InChI is InChI=1S/C19H30O3/c1-18-8-7-12(20)9-11(18)3-4-13-14-5-6-16(22)19(14,2)10-15(21)17(13)18/h11-14,16-17,20,22H,3-10H2,1-2H3/t11-,12+,13-,14+,16-,17+,18+,19+/m0/s1. The summed E-state index contributed by atoms with van der Waals surface area (Å²) < 4.78 is 0. The van der Waals surface area contributed by atoms with Crippen LogP contribution in [-0.2, 0) is 4.79 Å². The van der Waals surface area contributed by atoms with Crippen molar-refractivity contribution in [3.8, 4) is 0 Å². The Hall–Kier alpha value is -0.410. The summed E-state index contributed by atoms with van der Waals surface area (Å²) in [7, 11) is 0. The van der Waals surface area contributed by atoms with Gasteiger partial charge in [-0.1, -0.05) is 13.8 Å². The van der Waals surface area contributed by atoms with Crippen molar-refractivity contribution in [1.82, 2.24) is 0 Å². The molecule has 0 aliphatic heterocycles. The molecule has 124 valence electrons. The highest BCUT2D eigenvalue weighted by Crippen LogP contribution is 2.65. The van der Waals surface area contributed by atoms with Crippen LogP contribution in [-0.4, -0.2) is 28.2 Å². The molecule has 3 nitrogen and oxygen atoms in total. The maximum atomic E-state index is 13.1. The summed E-state index contributed by atoms with van der Waals surface area (Å²) in [5.74, 6) is 2.10. The van der Waals surface area contributed by atoms with Crippen LogP contribution in [0.3, 0.4) is 0 Å². The molecule has 4 fully saturated rings. The lowest BCUT2D eigenvalue weighted by Crippen LogP contribution is -2.58. The predicted molar refractivity (Wildman–Crippen MR) is 84.1 cm³/mol. The van der Waals surface area contributed by atoms with Gasteiger partial charge in [0.15, 0.2) is 0 Å². The number of aliphatic hydroxyl groups excluding tert-OH is 2. The zero-order valence-electron chi connectivity index (χ0n) is 13.9. The maximum Gasteiger partial charge on any atom is 0.137 e. The van der Waals surface area contributed by atoms with Crippen LogP contribution in [0.15, 0.2) is 0 Å².